The Balaban J connectivity index is 1.97. The summed E-state index contributed by atoms with van der Waals surface area (Å²) in [6, 6.07) is 2.58. The molecule has 0 spiro atoms. The lowest BCUT2D eigenvalue weighted by Gasteiger charge is -2.15. The summed E-state index contributed by atoms with van der Waals surface area (Å²) in [5.41, 5.74) is -1.13. The van der Waals surface area contributed by atoms with Crippen LogP contribution in [0, 0.1) is 11.8 Å². The Morgan fingerprint density at radius 2 is 2.17 bits per heavy atom. The third kappa shape index (κ3) is 4.60. The number of hydrogen-bond acceptors (Lipinski definition) is 6. The maximum Gasteiger partial charge on any atom is 0.323 e. The largest absolute Gasteiger partial charge is 0.468 e. The molecule has 0 saturated carbocycles. The SMILES string of the molecule is COC(=O)[C@@H]1C[C@@H](NC(=O)c2ccc(C#CC(C)(C)O)o2)CN1C. The van der Waals surface area contributed by atoms with Crippen LogP contribution in [0.3, 0.4) is 0 Å². The summed E-state index contributed by atoms with van der Waals surface area (Å²) in [5.74, 6) is 5.06. The van der Waals surface area contributed by atoms with Crippen LogP contribution in [0.15, 0.2) is 16.5 Å². The Hall–Kier alpha value is -2.30. The predicted molar refractivity (Wildman–Crippen MR) is 86.2 cm³/mol. The summed E-state index contributed by atoms with van der Waals surface area (Å²) in [7, 11) is 3.16. The molecule has 24 heavy (non-hydrogen) atoms. The van der Waals surface area contributed by atoms with Crippen LogP contribution in [0.4, 0.5) is 0 Å². The van der Waals surface area contributed by atoms with E-state index in [2.05, 4.69) is 17.2 Å². The van der Waals surface area contributed by atoms with Gasteiger partial charge in [-0.05, 0) is 45.4 Å². The van der Waals surface area contributed by atoms with Crippen molar-refractivity contribution < 1.29 is 23.8 Å². The van der Waals surface area contributed by atoms with Crippen molar-refractivity contribution >= 4 is 11.9 Å². The molecule has 2 atom stereocenters. The first-order valence-electron chi connectivity index (χ1n) is 7.64. The van der Waals surface area contributed by atoms with E-state index in [-0.39, 0.29) is 29.7 Å². The summed E-state index contributed by atoms with van der Waals surface area (Å²) in [4.78, 5) is 25.7. The number of furan rings is 1. The van der Waals surface area contributed by atoms with Gasteiger partial charge >= 0.3 is 5.97 Å². The lowest BCUT2D eigenvalue weighted by Crippen LogP contribution is -2.36. The number of amides is 1. The van der Waals surface area contributed by atoms with Crippen molar-refractivity contribution in [2.45, 2.75) is 38.0 Å². The zero-order chi connectivity index (χ0) is 17.9. The highest BCUT2D eigenvalue weighted by atomic mass is 16.5. The molecule has 1 aromatic heterocycles. The fourth-order valence-electron chi connectivity index (χ4n) is 2.51. The Labute approximate surface area is 141 Å². The first-order chi connectivity index (χ1) is 11.2. The van der Waals surface area contributed by atoms with E-state index in [0.717, 1.165) is 0 Å². The first kappa shape index (κ1) is 18.0. The predicted octanol–water partition coefficient (Wildman–Crippen LogP) is 0.378. The zero-order valence-corrected chi connectivity index (χ0v) is 14.3. The molecule has 0 radical (unpaired) electrons. The Kier molecular flexibility index (Phi) is 5.32. The topological polar surface area (TPSA) is 92.0 Å². The smallest absolute Gasteiger partial charge is 0.323 e. The van der Waals surface area contributed by atoms with Crippen molar-refractivity contribution in [1.29, 1.82) is 0 Å². The summed E-state index contributed by atoms with van der Waals surface area (Å²) < 4.78 is 10.1. The van der Waals surface area contributed by atoms with Gasteiger partial charge in [-0.1, -0.05) is 5.92 Å². The average molecular weight is 334 g/mol. The Bertz CT molecular complexity index is 677. The van der Waals surface area contributed by atoms with E-state index in [1.54, 1.807) is 19.9 Å². The lowest BCUT2D eigenvalue weighted by atomic mass is 10.1. The van der Waals surface area contributed by atoms with E-state index in [1.807, 2.05) is 11.9 Å². The van der Waals surface area contributed by atoms with Gasteiger partial charge in [-0.15, -0.1) is 0 Å². The number of carbonyl (C=O) groups is 2. The van der Waals surface area contributed by atoms with Gasteiger partial charge < -0.3 is 19.6 Å². The van der Waals surface area contributed by atoms with Crippen LogP contribution >= 0.6 is 0 Å². The lowest BCUT2D eigenvalue weighted by molar-refractivity contribution is -0.145. The molecule has 1 fully saturated rings. The number of rotatable bonds is 3. The van der Waals surface area contributed by atoms with E-state index < -0.39 is 5.60 Å². The highest BCUT2D eigenvalue weighted by Gasteiger charge is 2.36. The number of hydrogen-bond donors (Lipinski definition) is 2. The molecule has 2 rings (SSSR count). The molecule has 1 aliphatic rings. The second kappa shape index (κ2) is 7.07. The van der Waals surface area contributed by atoms with Gasteiger partial charge in [0.2, 0.25) is 0 Å². The summed E-state index contributed by atoms with van der Waals surface area (Å²) in [6.45, 7) is 3.67. The van der Waals surface area contributed by atoms with Crippen molar-refractivity contribution in [1.82, 2.24) is 10.2 Å². The number of ether oxygens (including phenoxy) is 1. The van der Waals surface area contributed by atoms with Crippen LogP contribution in [-0.4, -0.2) is 60.3 Å². The monoisotopic (exact) mass is 334 g/mol. The van der Waals surface area contributed by atoms with Crippen LogP contribution in [0.2, 0.25) is 0 Å². The van der Waals surface area contributed by atoms with Gasteiger partial charge in [0.25, 0.3) is 5.91 Å². The summed E-state index contributed by atoms with van der Waals surface area (Å²) in [6.07, 6.45) is 0.487. The van der Waals surface area contributed by atoms with Gasteiger partial charge in [0, 0.05) is 12.6 Å². The van der Waals surface area contributed by atoms with E-state index in [1.165, 1.54) is 13.2 Å². The maximum atomic E-state index is 12.2. The van der Waals surface area contributed by atoms with Crippen LogP contribution in [-0.2, 0) is 9.53 Å². The van der Waals surface area contributed by atoms with Crippen molar-refractivity contribution in [3.63, 3.8) is 0 Å². The summed E-state index contributed by atoms with van der Waals surface area (Å²) in [5, 5.41) is 12.4. The quantitative estimate of drug-likeness (QED) is 0.613. The van der Waals surface area contributed by atoms with Crippen LogP contribution in [0.5, 0.6) is 0 Å². The summed E-state index contributed by atoms with van der Waals surface area (Å²) >= 11 is 0. The second-order valence-electron chi connectivity index (χ2n) is 6.36. The van der Waals surface area contributed by atoms with Crippen molar-refractivity contribution in [2.75, 3.05) is 20.7 Å². The van der Waals surface area contributed by atoms with Gasteiger partial charge in [0.15, 0.2) is 11.5 Å². The third-order valence-electron chi connectivity index (χ3n) is 3.68. The number of esters is 1. The molecule has 1 aliphatic heterocycles. The molecule has 1 saturated heterocycles. The van der Waals surface area contributed by atoms with E-state index >= 15 is 0 Å². The standard InChI is InChI=1S/C17H22N2O5/c1-17(2,22)8-7-12-5-6-14(24-12)15(20)18-11-9-13(16(21)23-4)19(3)10-11/h5-6,11,13,22H,9-10H2,1-4H3,(H,18,20)/t11-,13+/m1/s1. The highest BCUT2D eigenvalue weighted by molar-refractivity contribution is 5.92. The fourth-order valence-corrected chi connectivity index (χ4v) is 2.51. The first-order valence-corrected chi connectivity index (χ1v) is 7.64. The minimum Gasteiger partial charge on any atom is -0.468 e. The minimum atomic E-state index is -1.13. The Morgan fingerprint density at radius 1 is 1.46 bits per heavy atom. The zero-order valence-electron chi connectivity index (χ0n) is 14.3. The molecule has 0 aromatic carbocycles. The maximum absolute atomic E-state index is 12.2. The molecule has 7 heteroatoms. The molecule has 2 N–H and O–H groups in total. The third-order valence-corrected chi connectivity index (χ3v) is 3.68. The number of carbonyl (C=O) groups excluding carboxylic acids is 2. The second-order valence-corrected chi connectivity index (χ2v) is 6.36. The number of methoxy groups -OCH3 is 1. The minimum absolute atomic E-state index is 0.138. The number of nitrogens with zero attached hydrogens (tertiary/aromatic N) is 1. The van der Waals surface area contributed by atoms with Crippen molar-refractivity contribution in [3.05, 3.63) is 23.7 Å². The molecule has 2 heterocycles. The normalized spacial score (nSPS) is 21.0. The molecule has 130 valence electrons. The molecular weight excluding hydrogens is 312 g/mol. The van der Waals surface area contributed by atoms with Crippen molar-refractivity contribution in [2.24, 2.45) is 0 Å². The van der Waals surface area contributed by atoms with Gasteiger partial charge in [0.05, 0.1) is 7.11 Å². The number of aliphatic hydroxyl groups is 1. The van der Waals surface area contributed by atoms with E-state index in [4.69, 9.17) is 9.15 Å². The van der Waals surface area contributed by atoms with Gasteiger partial charge in [-0.3, -0.25) is 14.5 Å². The molecular formula is C17H22N2O5. The average Bonchev–Trinajstić information content (AvgIpc) is 3.10. The van der Waals surface area contributed by atoms with Crippen LogP contribution in [0.25, 0.3) is 0 Å². The fraction of sp³-hybridized carbons (Fsp3) is 0.529. The van der Waals surface area contributed by atoms with Gasteiger partial charge in [-0.2, -0.15) is 0 Å². The molecule has 0 aliphatic carbocycles. The van der Waals surface area contributed by atoms with Crippen LogP contribution in [0.1, 0.15) is 36.6 Å². The van der Waals surface area contributed by atoms with E-state index in [9.17, 15) is 14.7 Å². The van der Waals surface area contributed by atoms with Gasteiger partial charge in [0.1, 0.15) is 11.6 Å². The number of nitrogens with one attached hydrogen (secondary N) is 1. The number of likely N-dealkylation sites (tertiary alicyclic amines) is 1. The molecule has 0 bridgehead atoms. The van der Waals surface area contributed by atoms with E-state index in [0.29, 0.717) is 18.7 Å². The molecule has 7 nitrogen and oxygen atoms in total. The van der Waals surface area contributed by atoms with Crippen molar-refractivity contribution in [3.8, 4) is 11.8 Å². The van der Waals surface area contributed by atoms with Crippen LogP contribution < -0.4 is 5.32 Å². The Morgan fingerprint density at radius 3 is 2.79 bits per heavy atom. The number of likely N-dealkylation sites (N-methyl/N-ethyl adjacent to an activating group) is 1. The molecule has 0 unspecified atom stereocenters. The van der Waals surface area contributed by atoms with Gasteiger partial charge in [-0.25, -0.2) is 0 Å². The molecule has 1 amide bonds. The molecule has 1 aromatic rings. The highest BCUT2D eigenvalue weighted by Crippen LogP contribution is 2.18.